The van der Waals surface area contributed by atoms with Gasteiger partial charge in [-0.1, -0.05) is 11.6 Å². The number of rotatable bonds is 5. The second-order valence-electron chi connectivity index (χ2n) is 5.27. The van der Waals surface area contributed by atoms with E-state index in [0.717, 1.165) is 5.69 Å². The summed E-state index contributed by atoms with van der Waals surface area (Å²) in [6.45, 7) is 0. The molecule has 3 rings (SSSR count). The summed E-state index contributed by atoms with van der Waals surface area (Å²) in [6.07, 6.45) is 3.80. The van der Waals surface area contributed by atoms with Gasteiger partial charge in [0.05, 0.1) is 30.5 Å². The number of hydrogen-bond acceptors (Lipinski definition) is 3. The lowest BCUT2D eigenvalue weighted by Gasteiger charge is -2.13. The number of carbonyl (C=O) groups excluding carboxylic acids is 1. The minimum Gasteiger partial charge on any atom is -0.497 e. The van der Waals surface area contributed by atoms with Gasteiger partial charge < -0.3 is 19.4 Å². The van der Waals surface area contributed by atoms with E-state index in [-0.39, 0.29) is 5.91 Å². The van der Waals surface area contributed by atoms with Crippen LogP contribution in [0.15, 0.2) is 60.9 Å². The lowest BCUT2D eigenvalue weighted by atomic mass is 10.1. The van der Waals surface area contributed by atoms with Gasteiger partial charge in [-0.05, 0) is 42.5 Å². The third-order valence-electron chi connectivity index (χ3n) is 3.75. The number of aromatic nitrogens is 1. The van der Waals surface area contributed by atoms with Crippen molar-refractivity contribution < 1.29 is 14.3 Å². The van der Waals surface area contributed by atoms with E-state index in [4.69, 9.17) is 21.1 Å². The first-order valence-corrected chi connectivity index (χ1v) is 7.96. The van der Waals surface area contributed by atoms with Crippen molar-refractivity contribution in [3.63, 3.8) is 0 Å². The number of nitrogens with one attached hydrogen (secondary N) is 1. The highest BCUT2D eigenvalue weighted by atomic mass is 35.5. The van der Waals surface area contributed by atoms with Gasteiger partial charge in [0, 0.05) is 24.1 Å². The lowest BCUT2D eigenvalue weighted by Crippen LogP contribution is -2.14. The molecule has 1 amide bonds. The van der Waals surface area contributed by atoms with Gasteiger partial charge in [0.2, 0.25) is 0 Å². The Morgan fingerprint density at radius 1 is 1.04 bits per heavy atom. The minimum atomic E-state index is -0.328. The van der Waals surface area contributed by atoms with Crippen LogP contribution in [-0.4, -0.2) is 24.7 Å². The number of anilines is 1. The third kappa shape index (κ3) is 3.61. The molecule has 25 heavy (non-hydrogen) atoms. The SMILES string of the molecule is COc1ccc(OC)c(NC(=O)c2cc(-n3cccc3)ccc2Cl)c1. The summed E-state index contributed by atoms with van der Waals surface area (Å²) in [7, 11) is 3.10. The standard InChI is InChI=1S/C19H17ClN2O3/c1-24-14-6-8-18(25-2)17(12-14)21-19(23)15-11-13(5-7-16(15)20)22-9-3-4-10-22/h3-12H,1-2H3,(H,21,23). The average molecular weight is 357 g/mol. The van der Waals surface area contributed by atoms with Gasteiger partial charge in [0.15, 0.2) is 0 Å². The Labute approximate surface area is 150 Å². The number of amides is 1. The summed E-state index contributed by atoms with van der Waals surface area (Å²) in [4.78, 5) is 12.7. The highest BCUT2D eigenvalue weighted by Crippen LogP contribution is 2.30. The summed E-state index contributed by atoms with van der Waals surface area (Å²) in [6, 6.07) is 14.3. The fourth-order valence-electron chi connectivity index (χ4n) is 2.46. The van der Waals surface area contributed by atoms with E-state index in [1.54, 1.807) is 37.4 Å². The minimum absolute atomic E-state index is 0.328. The molecule has 0 spiro atoms. The van der Waals surface area contributed by atoms with Crippen LogP contribution in [0.4, 0.5) is 5.69 Å². The van der Waals surface area contributed by atoms with Gasteiger partial charge in [-0.3, -0.25) is 4.79 Å². The zero-order chi connectivity index (χ0) is 17.8. The van der Waals surface area contributed by atoms with Crippen LogP contribution in [-0.2, 0) is 0 Å². The predicted molar refractivity (Wildman–Crippen MR) is 98.3 cm³/mol. The normalized spacial score (nSPS) is 10.4. The number of halogens is 1. The Kier molecular flexibility index (Phi) is 4.95. The van der Waals surface area contributed by atoms with Crippen LogP contribution in [0.3, 0.4) is 0 Å². The topological polar surface area (TPSA) is 52.5 Å². The molecule has 0 radical (unpaired) electrons. The summed E-state index contributed by atoms with van der Waals surface area (Å²) < 4.78 is 12.4. The van der Waals surface area contributed by atoms with Crippen molar-refractivity contribution in [1.29, 1.82) is 0 Å². The molecule has 2 aromatic carbocycles. The lowest BCUT2D eigenvalue weighted by molar-refractivity contribution is 0.102. The zero-order valence-electron chi connectivity index (χ0n) is 13.8. The van der Waals surface area contributed by atoms with Crippen molar-refractivity contribution in [3.05, 3.63) is 71.5 Å². The molecule has 5 nitrogen and oxygen atoms in total. The number of methoxy groups -OCH3 is 2. The summed E-state index contributed by atoms with van der Waals surface area (Å²) in [5, 5.41) is 3.20. The molecule has 0 fully saturated rings. The van der Waals surface area contributed by atoms with Gasteiger partial charge in [0.1, 0.15) is 11.5 Å². The molecule has 0 unspecified atom stereocenters. The second-order valence-corrected chi connectivity index (χ2v) is 5.68. The first kappa shape index (κ1) is 16.9. The monoisotopic (exact) mass is 356 g/mol. The smallest absolute Gasteiger partial charge is 0.257 e. The Morgan fingerprint density at radius 3 is 2.48 bits per heavy atom. The Hall–Kier alpha value is -2.92. The molecule has 1 aromatic heterocycles. The molecule has 3 aromatic rings. The summed E-state index contributed by atoms with van der Waals surface area (Å²) in [5.74, 6) is 0.820. The van der Waals surface area contributed by atoms with Crippen molar-refractivity contribution in [1.82, 2.24) is 4.57 Å². The number of ether oxygens (including phenoxy) is 2. The third-order valence-corrected chi connectivity index (χ3v) is 4.08. The number of benzene rings is 2. The Balaban J connectivity index is 1.93. The molecular formula is C19H17ClN2O3. The van der Waals surface area contributed by atoms with Crippen LogP contribution < -0.4 is 14.8 Å². The number of nitrogens with zero attached hydrogens (tertiary/aromatic N) is 1. The second kappa shape index (κ2) is 7.32. The predicted octanol–water partition coefficient (Wildman–Crippen LogP) is 4.40. The molecule has 0 saturated heterocycles. The van der Waals surface area contributed by atoms with Gasteiger partial charge in [-0.25, -0.2) is 0 Å². The largest absolute Gasteiger partial charge is 0.497 e. The first-order valence-electron chi connectivity index (χ1n) is 7.58. The highest BCUT2D eigenvalue weighted by Gasteiger charge is 2.15. The van der Waals surface area contributed by atoms with Gasteiger partial charge in [-0.15, -0.1) is 0 Å². The molecule has 1 heterocycles. The van der Waals surface area contributed by atoms with Crippen molar-refractivity contribution in [3.8, 4) is 17.2 Å². The summed E-state index contributed by atoms with van der Waals surface area (Å²) in [5.41, 5.74) is 1.73. The van der Waals surface area contributed by atoms with E-state index >= 15 is 0 Å². The van der Waals surface area contributed by atoms with E-state index in [9.17, 15) is 4.79 Å². The number of hydrogen-bond donors (Lipinski definition) is 1. The molecule has 0 saturated carbocycles. The van der Waals surface area contributed by atoms with Gasteiger partial charge in [0.25, 0.3) is 5.91 Å². The summed E-state index contributed by atoms with van der Waals surface area (Å²) >= 11 is 6.22. The van der Waals surface area contributed by atoms with Gasteiger partial charge in [-0.2, -0.15) is 0 Å². The van der Waals surface area contributed by atoms with Crippen molar-refractivity contribution in [2.45, 2.75) is 0 Å². The van der Waals surface area contributed by atoms with Gasteiger partial charge >= 0.3 is 0 Å². The molecule has 6 heteroatoms. The van der Waals surface area contributed by atoms with E-state index in [2.05, 4.69) is 5.32 Å². The van der Waals surface area contributed by atoms with Crippen molar-refractivity contribution in [2.75, 3.05) is 19.5 Å². The van der Waals surface area contributed by atoms with Crippen LogP contribution in [0.2, 0.25) is 5.02 Å². The van der Waals surface area contributed by atoms with E-state index in [1.807, 2.05) is 35.2 Å². The molecule has 0 aliphatic rings. The Morgan fingerprint density at radius 2 is 1.80 bits per heavy atom. The molecule has 0 atom stereocenters. The molecular weight excluding hydrogens is 340 g/mol. The Bertz CT molecular complexity index is 892. The molecule has 128 valence electrons. The van der Waals surface area contributed by atoms with E-state index in [0.29, 0.717) is 27.8 Å². The van der Waals surface area contributed by atoms with Crippen LogP contribution in [0.5, 0.6) is 11.5 Å². The highest BCUT2D eigenvalue weighted by molar-refractivity contribution is 6.34. The van der Waals surface area contributed by atoms with Crippen molar-refractivity contribution >= 4 is 23.2 Å². The van der Waals surface area contributed by atoms with E-state index < -0.39 is 0 Å². The molecule has 1 N–H and O–H groups in total. The van der Waals surface area contributed by atoms with E-state index in [1.165, 1.54) is 7.11 Å². The molecule has 0 bridgehead atoms. The fraction of sp³-hybridized carbons (Fsp3) is 0.105. The van der Waals surface area contributed by atoms with Crippen LogP contribution in [0, 0.1) is 0 Å². The maximum atomic E-state index is 12.7. The maximum Gasteiger partial charge on any atom is 0.257 e. The average Bonchev–Trinajstić information content (AvgIpc) is 3.16. The van der Waals surface area contributed by atoms with Crippen LogP contribution in [0.25, 0.3) is 5.69 Å². The molecule has 0 aliphatic carbocycles. The molecule has 0 aliphatic heterocycles. The van der Waals surface area contributed by atoms with Crippen LogP contribution >= 0.6 is 11.6 Å². The first-order chi connectivity index (χ1) is 12.1. The zero-order valence-corrected chi connectivity index (χ0v) is 14.6. The maximum absolute atomic E-state index is 12.7. The fourth-order valence-corrected chi connectivity index (χ4v) is 2.66. The van der Waals surface area contributed by atoms with Crippen LogP contribution in [0.1, 0.15) is 10.4 Å². The quantitative estimate of drug-likeness (QED) is 0.737. The number of carbonyl (C=O) groups is 1. The van der Waals surface area contributed by atoms with Crippen molar-refractivity contribution in [2.24, 2.45) is 0 Å².